The lowest BCUT2D eigenvalue weighted by Gasteiger charge is -2.27. The van der Waals surface area contributed by atoms with E-state index in [1.54, 1.807) is 30.3 Å². The highest BCUT2D eigenvalue weighted by atomic mass is 16.5. The molecule has 1 aliphatic carbocycles. The fraction of sp³-hybridized carbons (Fsp3) is 0.524. The average Bonchev–Trinajstić information content (AvgIpc) is 2.62. The first kappa shape index (κ1) is 18.1. The van der Waals surface area contributed by atoms with Crippen LogP contribution >= 0.6 is 0 Å². The summed E-state index contributed by atoms with van der Waals surface area (Å²) in [6.45, 7) is 2.23. The Bertz CT molecular complexity index is 623. The molecule has 3 heteroatoms. The van der Waals surface area contributed by atoms with Crippen molar-refractivity contribution in [2.75, 3.05) is 0 Å². The van der Waals surface area contributed by atoms with Gasteiger partial charge in [-0.2, -0.15) is 5.26 Å². The van der Waals surface area contributed by atoms with Crippen molar-refractivity contribution >= 4 is 5.97 Å². The third-order valence-corrected chi connectivity index (χ3v) is 4.73. The van der Waals surface area contributed by atoms with Gasteiger partial charge in [-0.25, -0.2) is 0 Å². The molecule has 0 bridgehead atoms. The van der Waals surface area contributed by atoms with Gasteiger partial charge in [0.2, 0.25) is 0 Å². The Labute approximate surface area is 145 Å². The molecule has 2 rings (SSSR count). The molecular formula is C21H25NO2. The number of hydrogen-bond acceptors (Lipinski definition) is 3. The van der Waals surface area contributed by atoms with Crippen LogP contribution < -0.4 is 4.74 Å². The van der Waals surface area contributed by atoms with E-state index in [2.05, 4.69) is 18.8 Å². The van der Waals surface area contributed by atoms with Crippen molar-refractivity contribution in [3.8, 4) is 23.7 Å². The van der Waals surface area contributed by atoms with Crippen LogP contribution in [0.2, 0.25) is 0 Å². The Morgan fingerprint density at radius 1 is 1.17 bits per heavy atom. The number of carbonyl (C=O) groups excluding carboxylic acids is 1. The molecule has 0 atom stereocenters. The first-order valence-corrected chi connectivity index (χ1v) is 8.94. The molecule has 0 N–H and O–H groups in total. The summed E-state index contributed by atoms with van der Waals surface area (Å²) < 4.78 is 5.49. The summed E-state index contributed by atoms with van der Waals surface area (Å²) in [5.74, 6) is 6.32. The Balaban J connectivity index is 1.78. The molecule has 1 aromatic carbocycles. The number of ether oxygens (including phenoxy) is 1. The van der Waals surface area contributed by atoms with E-state index in [0.717, 1.165) is 37.2 Å². The van der Waals surface area contributed by atoms with Crippen LogP contribution in [-0.2, 0) is 4.79 Å². The summed E-state index contributed by atoms with van der Waals surface area (Å²) in [5, 5.41) is 8.43. The average molecular weight is 323 g/mol. The number of esters is 1. The minimum absolute atomic E-state index is 0.0329. The summed E-state index contributed by atoms with van der Waals surface area (Å²) in [5.41, 5.74) is 0.740. The van der Waals surface area contributed by atoms with Crippen molar-refractivity contribution in [1.82, 2.24) is 0 Å². The van der Waals surface area contributed by atoms with Gasteiger partial charge in [-0.05, 0) is 55.9 Å². The van der Waals surface area contributed by atoms with Gasteiger partial charge in [-0.3, -0.25) is 4.79 Å². The number of rotatable bonds is 6. The molecule has 1 saturated carbocycles. The minimum Gasteiger partial charge on any atom is -0.426 e. The molecule has 0 spiro atoms. The quantitative estimate of drug-likeness (QED) is 0.325. The predicted octanol–water partition coefficient (Wildman–Crippen LogP) is 4.85. The first-order valence-electron chi connectivity index (χ1n) is 8.94. The second-order valence-corrected chi connectivity index (χ2v) is 6.52. The van der Waals surface area contributed by atoms with E-state index in [-0.39, 0.29) is 11.9 Å². The van der Waals surface area contributed by atoms with Crippen LogP contribution in [0.4, 0.5) is 0 Å². The molecular weight excluding hydrogens is 298 g/mol. The van der Waals surface area contributed by atoms with E-state index in [1.165, 1.54) is 25.7 Å². The minimum atomic E-state index is -0.113. The van der Waals surface area contributed by atoms with Crippen molar-refractivity contribution in [2.24, 2.45) is 11.8 Å². The third kappa shape index (κ3) is 5.74. The number of unbranched alkanes of at least 4 members (excludes halogenated alkanes) is 2. The maximum absolute atomic E-state index is 12.3. The molecule has 1 fully saturated rings. The molecule has 24 heavy (non-hydrogen) atoms. The number of benzene rings is 1. The third-order valence-electron chi connectivity index (χ3n) is 4.73. The standard InChI is InChI=1S/C21H25NO2/c1-2-3-4-6-17-8-12-19(13-9-17)21(23)24-20-14-10-18(11-15-20)7-5-16-22/h10-11,14-15,17,19H,2-4,6,8-9,12-13H2,1H3/t17-,19-. The number of nitriles is 1. The number of hydrogen-bond donors (Lipinski definition) is 0. The molecule has 0 saturated heterocycles. The monoisotopic (exact) mass is 323 g/mol. The summed E-state index contributed by atoms with van der Waals surface area (Å²) in [6, 6.07) is 8.77. The van der Waals surface area contributed by atoms with Gasteiger partial charge in [0, 0.05) is 11.5 Å². The molecule has 1 aliphatic rings. The molecule has 126 valence electrons. The highest BCUT2D eigenvalue weighted by Gasteiger charge is 2.27. The zero-order chi connectivity index (χ0) is 17.2. The lowest BCUT2D eigenvalue weighted by Crippen LogP contribution is -2.25. The maximum atomic E-state index is 12.3. The van der Waals surface area contributed by atoms with Crippen LogP contribution in [-0.4, -0.2) is 5.97 Å². The maximum Gasteiger partial charge on any atom is 0.314 e. The summed E-state index contributed by atoms with van der Waals surface area (Å²) in [4.78, 5) is 12.3. The molecule has 0 aromatic heterocycles. The van der Waals surface area contributed by atoms with Crippen LogP contribution in [0.3, 0.4) is 0 Å². The summed E-state index contributed by atoms with van der Waals surface area (Å²) in [6.07, 6.45) is 9.39. The zero-order valence-corrected chi connectivity index (χ0v) is 14.4. The molecule has 1 aromatic rings. The van der Waals surface area contributed by atoms with Crippen LogP contribution in [0.15, 0.2) is 24.3 Å². The van der Waals surface area contributed by atoms with Gasteiger partial charge in [0.15, 0.2) is 6.07 Å². The van der Waals surface area contributed by atoms with Gasteiger partial charge in [0.05, 0.1) is 5.92 Å². The Hall–Kier alpha value is -2.26. The molecule has 0 amide bonds. The number of nitrogens with zero attached hydrogens (tertiary/aromatic N) is 1. The topological polar surface area (TPSA) is 50.1 Å². The lowest BCUT2D eigenvalue weighted by molar-refractivity contribution is -0.140. The SMILES string of the molecule is CCCCC[C@H]1CC[C@H](C(=O)Oc2ccc(C#CC#N)cc2)CC1. The van der Waals surface area contributed by atoms with E-state index in [9.17, 15) is 4.79 Å². The van der Waals surface area contributed by atoms with Crippen LogP contribution in [0, 0.1) is 35.0 Å². The highest BCUT2D eigenvalue weighted by molar-refractivity contribution is 5.75. The first-order chi connectivity index (χ1) is 11.7. The van der Waals surface area contributed by atoms with Gasteiger partial charge in [-0.15, -0.1) is 0 Å². The van der Waals surface area contributed by atoms with Crippen LogP contribution in [0.5, 0.6) is 5.75 Å². The van der Waals surface area contributed by atoms with Gasteiger partial charge in [0.25, 0.3) is 0 Å². The number of carbonyl (C=O) groups is 1. The second-order valence-electron chi connectivity index (χ2n) is 6.52. The van der Waals surface area contributed by atoms with Crippen molar-refractivity contribution < 1.29 is 9.53 Å². The second kappa shape index (κ2) is 9.78. The summed E-state index contributed by atoms with van der Waals surface area (Å²) >= 11 is 0. The molecule has 0 radical (unpaired) electrons. The fourth-order valence-electron chi connectivity index (χ4n) is 3.28. The van der Waals surface area contributed by atoms with Crippen molar-refractivity contribution in [2.45, 2.75) is 58.3 Å². The van der Waals surface area contributed by atoms with Gasteiger partial charge < -0.3 is 4.74 Å². The Morgan fingerprint density at radius 2 is 1.88 bits per heavy atom. The Morgan fingerprint density at radius 3 is 2.50 bits per heavy atom. The largest absolute Gasteiger partial charge is 0.426 e. The molecule has 0 unspecified atom stereocenters. The summed E-state index contributed by atoms with van der Waals surface area (Å²) in [7, 11) is 0. The van der Waals surface area contributed by atoms with Crippen LogP contribution in [0.1, 0.15) is 63.9 Å². The van der Waals surface area contributed by atoms with Gasteiger partial charge >= 0.3 is 5.97 Å². The van der Waals surface area contributed by atoms with Crippen molar-refractivity contribution in [3.63, 3.8) is 0 Å². The van der Waals surface area contributed by atoms with E-state index in [1.807, 2.05) is 0 Å². The molecule has 0 aliphatic heterocycles. The Kier molecular flexibility index (Phi) is 7.37. The van der Waals surface area contributed by atoms with Gasteiger partial charge in [-0.1, -0.05) is 38.5 Å². The molecule has 3 nitrogen and oxygen atoms in total. The fourth-order valence-corrected chi connectivity index (χ4v) is 3.28. The van der Waals surface area contributed by atoms with Crippen molar-refractivity contribution in [1.29, 1.82) is 5.26 Å². The smallest absolute Gasteiger partial charge is 0.314 e. The normalized spacial score (nSPS) is 19.7. The molecule has 0 heterocycles. The zero-order valence-electron chi connectivity index (χ0n) is 14.4. The van der Waals surface area contributed by atoms with Gasteiger partial charge in [0.1, 0.15) is 5.75 Å². The highest BCUT2D eigenvalue weighted by Crippen LogP contribution is 2.33. The van der Waals surface area contributed by atoms with E-state index in [0.29, 0.717) is 5.75 Å². The van der Waals surface area contributed by atoms with E-state index in [4.69, 9.17) is 10.00 Å². The van der Waals surface area contributed by atoms with E-state index >= 15 is 0 Å². The predicted molar refractivity (Wildman–Crippen MR) is 94.2 cm³/mol. The van der Waals surface area contributed by atoms with E-state index < -0.39 is 0 Å². The van der Waals surface area contributed by atoms with Crippen LogP contribution in [0.25, 0.3) is 0 Å². The van der Waals surface area contributed by atoms with Crippen molar-refractivity contribution in [3.05, 3.63) is 29.8 Å². The lowest BCUT2D eigenvalue weighted by atomic mass is 9.80.